The summed E-state index contributed by atoms with van der Waals surface area (Å²) in [4.78, 5) is 41.6. The van der Waals surface area contributed by atoms with Gasteiger partial charge in [-0.1, -0.05) is 63.4 Å². The summed E-state index contributed by atoms with van der Waals surface area (Å²) in [7, 11) is -1.72. The fraction of sp³-hybridized carbons (Fsp3) is 0.667. The Balaban J connectivity index is 1.72. The minimum atomic E-state index is -1.72. The highest BCUT2D eigenvalue weighted by atomic mass is 16.4. The van der Waals surface area contributed by atoms with Gasteiger partial charge in [0.25, 0.3) is 0 Å². The Kier molecular flexibility index (Phi) is 11.0. The Bertz CT molecular complexity index is 894. The van der Waals surface area contributed by atoms with Gasteiger partial charge in [0, 0.05) is 13.0 Å². The summed E-state index contributed by atoms with van der Waals surface area (Å²) in [5.41, 5.74) is 7.23. The standard InChI is InChI=1S/C27H43BN4O5/c1-18(2)16-23(28(36)37)31-25(33)21(17-19-10-5-3-6-11-19)30-26(34)22-14-9-15-32(22)27(35)24(29)20-12-7-4-8-13-20/h3,5-6,10-11,18,20-24,36-37H,4,7-9,12-17,29H2,1-2H3,(H,30,34)(H,31,33)/t21?,22-,23-,24?/m0/s1. The maximum atomic E-state index is 13.4. The largest absolute Gasteiger partial charge is 0.475 e. The number of carbonyl (C=O) groups excluding carboxylic acids is 3. The minimum absolute atomic E-state index is 0.126. The van der Waals surface area contributed by atoms with Gasteiger partial charge < -0.3 is 31.3 Å². The van der Waals surface area contributed by atoms with Crippen molar-refractivity contribution in [3.63, 3.8) is 0 Å². The maximum absolute atomic E-state index is 13.4. The average molecular weight is 514 g/mol. The van der Waals surface area contributed by atoms with Gasteiger partial charge in [0.15, 0.2) is 0 Å². The number of carbonyl (C=O) groups is 3. The van der Waals surface area contributed by atoms with Crippen LogP contribution in [0.2, 0.25) is 0 Å². The van der Waals surface area contributed by atoms with Crippen LogP contribution >= 0.6 is 0 Å². The highest BCUT2D eigenvalue weighted by molar-refractivity contribution is 6.43. The van der Waals surface area contributed by atoms with E-state index in [0.717, 1.165) is 31.2 Å². The molecule has 0 bridgehead atoms. The van der Waals surface area contributed by atoms with Crippen LogP contribution in [0.1, 0.15) is 70.8 Å². The molecule has 0 aromatic heterocycles. The van der Waals surface area contributed by atoms with Gasteiger partial charge in [-0.25, -0.2) is 0 Å². The first-order valence-corrected chi connectivity index (χ1v) is 13.7. The Hall–Kier alpha value is -2.43. The van der Waals surface area contributed by atoms with Gasteiger partial charge >= 0.3 is 7.12 Å². The number of nitrogens with one attached hydrogen (secondary N) is 2. The van der Waals surface area contributed by atoms with E-state index < -0.39 is 37.1 Å². The van der Waals surface area contributed by atoms with Crippen LogP contribution in [0.15, 0.2) is 30.3 Å². The van der Waals surface area contributed by atoms with Crippen molar-refractivity contribution in [2.75, 3.05) is 6.54 Å². The lowest BCUT2D eigenvalue weighted by Gasteiger charge is -2.32. The number of hydrogen-bond donors (Lipinski definition) is 5. The third-order valence-corrected chi connectivity index (χ3v) is 7.61. The molecule has 2 aliphatic rings. The zero-order valence-corrected chi connectivity index (χ0v) is 22.1. The zero-order chi connectivity index (χ0) is 26.9. The molecule has 3 rings (SSSR count). The Morgan fingerprint density at radius 2 is 1.70 bits per heavy atom. The SMILES string of the molecule is CC(C)C[C@H](NC(=O)C(Cc1ccccc1)NC(=O)[C@@H]1CCCN1C(=O)C(N)C1CCCCC1)B(O)O. The Labute approximate surface area is 220 Å². The van der Waals surface area contributed by atoms with Crippen LogP contribution in [0.3, 0.4) is 0 Å². The van der Waals surface area contributed by atoms with E-state index in [9.17, 15) is 24.4 Å². The molecule has 2 fully saturated rings. The van der Waals surface area contributed by atoms with Crippen molar-refractivity contribution in [3.05, 3.63) is 35.9 Å². The second kappa shape index (κ2) is 13.9. The summed E-state index contributed by atoms with van der Waals surface area (Å²) < 4.78 is 0. The second-order valence-electron chi connectivity index (χ2n) is 11.0. The lowest BCUT2D eigenvalue weighted by molar-refractivity contribution is -0.141. The van der Waals surface area contributed by atoms with Crippen LogP contribution in [0.5, 0.6) is 0 Å². The summed E-state index contributed by atoms with van der Waals surface area (Å²) in [5, 5.41) is 25.1. The van der Waals surface area contributed by atoms with E-state index in [0.29, 0.717) is 25.8 Å². The molecule has 0 radical (unpaired) electrons. The topological polar surface area (TPSA) is 145 Å². The fourth-order valence-corrected chi connectivity index (χ4v) is 5.56. The van der Waals surface area contributed by atoms with Crippen LogP contribution in [-0.2, 0) is 20.8 Å². The summed E-state index contributed by atoms with van der Waals surface area (Å²) in [5.74, 6) is -1.66. The first-order chi connectivity index (χ1) is 17.7. The summed E-state index contributed by atoms with van der Waals surface area (Å²) in [6.45, 7) is 4.32. The van der Waals surface area contributed by atoms with Crippen molar-refractivity contribution in [2.24, 2.45) is 17.6 Å². The summed E-state index contributed by atoms with van der Waals surface area (Å²) in [6, 6.07) is 7.09. The monoisotopic (exact) mass is 514 g/mol. The molecule has 6 N–H and O–H groups in total. The third kappa shape index (κ3) is 8.28. The van der Waals surface area contributed by atoms with E-state index >= 15 is 0 Å². The normalized spacial score (nSPS) is 20.8. The molecule has 1 aromatic rings. The molecule has 204 valence electrons. The van der Waals surface area contributed by atoms with Crippen molar-refractivity contribution in [2.45, 2.75) is 95.7 Å². The van der Waals surface area contributed by atoms with Crippen LogP contribution < -0.4 is 16.4 Å². The van der Waals surface area contributed by atoms with Gasteiger partial charge in [0.2, 0.25) is 17.7 Å². The van der Waals surface area contributed by atoms with Crippen LogP contribution in [0, 0.1) is 11.8 Å². The average Bonchev–Trinajstić information content (AvgIpc) is 3.38. The van der Waals surface area contributed by atoms with E-state index in [2.05, 4.69) is 10.6 Å². The van der Waals surface area contributed by atoms with E-state index in [1.807, 2.05) is 44.2 Å². The molecular weight excluding hydrogens is 471 g/mol. The van der Waals surface area contributed by atoms with Crippen LogP contribution in [-0.4, -0.2) is 70.4 Å². The van der Waals surface area contributed by atoms with Gasteiger partial charge in [-0.15, -0.1) is 0 Å². The summed E-state index contributed by atoms with van der Waals surface area (Å²) >= 11 is 0. The molecule has 1 saturated carbocycles. The molecule has 3 amide bonds. The predicted octanol–water partition coefficient (Wildman–Crippen LogP) is 1.16. The number of hydrogen-bond acceptors (Lipinski definition) is 6. The molecule has 37 heavy (non-hydrogen) atoms. The van der Waals surface area contributed by atoms with Crippen LogP contribution in [0.4, 0.5) is 0 Å². The number of benzene rings is 1. The van der Waals surface area contributed by atoms with Gasteiger partial charge in [0.1, 0.15) is 12.1 Å². The summed E-state index contributed by atoms with van der Waals surface area (Å²) in [6.07, 6.45) is 7.01. The van der Waals surface area contributed by atoms with Gasteiger partial charge in [0.05, 0.1) is 12.0 Å². The molecule has 1 aromatic carbocycles. The van der Waals surface area contributed by atoms with Gasteiger partial charge in [-0.3, -0.25) is 14.4 Å². The first-order valence-electron chi connectivity index (χ1n) is 13.7. The number of amides is 3. The highest BCUT2D eigenvalue weighted by Crippen LogP contribution is 2.28. The zero-order valence-electron chi connectivity index (χ0n) is 22.1. The van der Waals surface area contributed by atoms with Crippen molar-refractivity contribution >= 4 is 24.8 Å². The second-order valence-corrected chi connectivity index (χ2v) is 11.0. The predicted molar refractivity (Wildman–Crippen MR) is 143 cm³/mol. The Morgan fingerprint density at radius 3 is 2.32 bits per heavy atom. The smallest absolute Gasteiger partial charge is 0.426 e. The molecule has 1 heterocycles. The van der Waals surface area contributed by atoms with Crippen molar-refractivity contribution < 1.29 is 24.4 Å². The van der Waals surface area contributed by atoms with Crippen molar-refractivity contribution in [1.29, 1.82) is 0 Å². The number of likely N-dealkylation sites (tertiary alicyclic amines) is 1. The quantitative estimate of drug-likeness (QED) is 0.280. The molecular formula is C27H43BN4O5. The Morgan fingerprint density at radius 1 is 1.03 bits per heavy atom. The number of rotatable bonds is 11. The third-order valence-electron chi connectivity index (χ3n) is 7.61. The lowest BCUT2D eigenvalue weighted by atomic mass is 9.75. The first kappa shape index (κ1) is 29.1. The molecule has 1 saturated heterocycles. The van der Waals surface area contributed by atoms with E-state index in [1.54, 1.807) is 4.90 Å². The minimum Gasteiger partial charge on any atom is -0.426 e. The molecule has 2 unspecified atom stereocenters. The van der Waals surface area contributed by atoms with Crippen molar-refractivity contribution in [3.8, 4) is 0 Å². The molecule has 1 aliphatic heterocycles. The van der Waals surface area contributed by atoms with Gasteiger partial charge in [-0.05, 0) is 49.5 Å². The molecule has 0 spiro atoms. The van der Waals surface area contributed by atoms with Gasteiger partial charge in [-0.2, -0.15) is 0 Å². The number of nitrogens with two attached hydrogens (primary N) is 1. The van der Waals surface area contributed by atoms with E-state index in [-0.39, 0.29) is 30.1 Å². The maximum Gasteiger partial charge on any atom is 0.475 e. The lowest BCUT2D eigenvalue weighted by Crippen LogP contribution is -2.58. The molecule has 10 heteroatoms. The molecule has 4 atom stereocenters. The highest BCUT2D eigenvalue weighted by Gasteiger charge is 2.40. The molecule has 9 nitrogen and oxygen atoms in total. The molecule has 1 aliphatic carbocycles. The van der Waals surface area contributed by atoms with E-state index in [1.165, 1.54) is 6.42 Å². The van der Waals surface area contributed by atoms with E-state index in [4.69, 9.17) is 5.73 Å². The van der Waals surface area contributed by atoms with Crippen molar-refractivity contribution in [1.82, 2.24) is 15.5 Å². The fourth-order valence-electron chi connectivity index (χ4n) is 5.56. The number of nitrogens with zero attached hydrogens (tertiary/aromatic N) is 1. The van der Waals surface area contributed by atoms with Crippen LogP contribution in [0.25, 0.3) is 0 Å².